The Morgan fingerprint density at radius 2 is 1.33 bits per heavy atom. The van der Waals surface area contributed by atoms with Crippen molar-refractivity contribution in [2.24, 2.45) is 0 Å². The van der Waals surface area contributed by atoms with Crippen molar-refractivity contribution in [2.75, 3.05) is 10.0 Å². The van der Waals surface area contributed by atoms with Crippen molar-refractivity contribution in [1.29, 1.82) is 0 Å². The lowest BCUT2D eigenvalue weighted by Crippen LogP contribution is -2.18. The van der Waals surface area contributed by atoms with Gasteiger partial charge in [0.2, 0.25) is 0 Å². The van der Waals surface area contributed by atoms with Gasteiger partial charge >= 0.3 is 0 Å². The van der Waals surface area contributed by atoms with Crippen LogP contribution in [0.2, 0.25) is 0 Å². The van der Waals surface area contributed by atoms with Crippen LogP contribution in [0.15, 0.2) is 59.5 Å². The molecule has 6 heteroatoms. The highest BCUT2D eigenvalue weighted by atomic mass is 32.2. The first kappa shape index (κ1) is 21.6. The molecule has 0 aliphatic carbocycles. The molecule has 0 aliphatic rings. The molecule has 0 heterocycles. The molecule has 0 fully saturated rings. The van der Waals surface area contributed by atoms with Gasteiger partial charge in [-0.05, 0) is 81.1 Å². The van der Waals surface area contributed by atoms with Gasteiger partial charge in [0.15, 0.2) is 0 Å². The van der Waals surface area contributed by atoms with Crippen LogP contribution in [0.1, 0.15) is 38.2 Å². The third kappa shape index (κ3) is 4.71. The van der Waals surface area contributed by atoms with Crippen molar-refractivity contribution in [3.63, 3.8) is 0 Å². The number of anilines is 2. The number of benzene rings is 3. The zero-order valence-corrected chi connectivity index (χ0v) is 18.6. The summed E-state index contributed by atoms with van der Waals surface area (Å²) in [5, 5.41) is 2.86. The number of carbonyl (C=O) groups excluding carboxylic acids is 1. The fourth-order valence-electron chi connectivity index (χ4n) is 3.22. The zero-order valence-electron chi connectivity index (χ0n) is 17.8. The summed E-state index contributed by atoms with van der Waals surface area (Å²) in [4.78, 5) is 12.9. The summed E-state index contributed by atoms with van der Waals surface area (Å²) in [6, 6.07) is 16.0. The molecule has 3 aromatic rings. The summed E-state index contributed by atoms with van der Waals surface area (Å²) in [5.74, 6) is -0.356. The molecule has 0 saturated heterocycles. The maximum atomic E-state index is 13.1. The first-order valence-corrected chi connectivity index (χ1v) is 11.1. The van der Waals surface area contributed by atoms with E-state index in [0.717, 1.165) is 22.3 Å². The van der Waals surface area contributed by atoms with Gasteiger partial charge in [-0.15, -0.1) is 0 Å². The summed E-state index contributed by atoms with van der Waals surface area (Å²) in [7, 11) is -3.86. The van der Waals surface area contributed by atoms with Crippen LogP contribution in [0.3, 0.4) is 0 Å². The van der Waals surface area contributed by atoms with Crippen molar-refractivity contribution in [3.05, 3.63) is 88.0 Å². The highest BCUT2D eigenvalue weighted by Gasteiger charge is 2.20. The van der Waals surface area contributed by atoms with E-state index in [1.165, 1.54) is 6.07 Å². The molecule has 0 unspecified atom stereocenters. The summed E-state index contributed by atoms with van der Waals surface area (Å²) in [6.45, 7) is 9.36. The van der Waals surface area contributed by atoms with Crippen LogP contribution < -0.4 is 10.0 Å². The number of sulfonamides is 1. The third-order valence-corrected chi connectivity index (χ3v) is 6.51. The van der Waals surface area contributed by atoms with Crippen LogP contribution in [-0.2, 0) is 10.0 Å². The molecule has 0 atom stereocenters. The van der Waals surface area contributed by atoms with E-state index in [1.807, 2.05) is 58.0 Å². The number of aryl methyl sites for hydroxylation is 5. The van der Waals surface area contributed by atoms with E-state index in [2.05, 4.69) is 10.0 Å². The first-order valence-electron chi connectivity index (χ1n) is 9.66. The van der Waals surface area contributed by atoms with E-state index in [-0.39, 0.29) is 16.4 Å². The van der Waals surface area contributed by atoms with E-state index >= 15 is 0 Å². The molecule has 0 aliphatic heterocycles. The monoisotopic (exact) mass is 422 g/mol. The molecule has 0 saturated carbocycles. The molecule has 0 radical (unpaired) electrons. The lowest BCUT2D eigenvalue weighted by Gasteiger charge is -2.14. The van der Waals surface area contributed by atoms with Crippen LogP contribution in [-0.4, -0.2) is 14.3 Å². The Morgan fingerprint density at radius 3 is 2.03 bits per heavy atom. The maximum absolute atomic E-state index is 13.1. The molecule has 0 spiro atoms. The minimum atomic E-state index is -3.86. The van der Waals surface area contributed by atoms with Gasteiger partial charge in [-0.2, -0.15) is 0 Å². The van der Waals surface area contributed by atoms with E-state index in [9.17, 15) is 13.2 Å². The van der Waals surface area contributed by atoms with Gasteiger partial charge in [0.1, 0.15) is 0 Å². The van der Waals surface area contributed by atoms with Gasteiger partial charge in [-0.25, -0.2) is 8.42 Å². The highest BCUT2D eigenvalue weighted by Crippen LogP contribution is 2.24. The molecule has 5 nitrogen and oxygen atoms in total. The molecule has 30 heavy (non-hydrogen) atoms. The summed E-state index contributed by atoms with van der Waals surface area (Å²) in [6.07, 6.45) is 0. The number of carbonyl (C=O) groups is 1. The Kier molecular flexibility index (Phi) is 5.99. The molecule has 156 valence electrons. The fourth-order valence-corrected chi connectivity index (χ4v) is 4.62. The van der Waals surface area contributed by atoms with Crippen molar-refractivity contribution >= 4 is 27.3 Å². The number of hydrogen-bond donors (Lipinski definition) is 2. The Hall–Kier alpha value is -3.12. The lowest BCUT2D eigenvalue weighted by molar-refractivity contribution is 0.102. The predicted molar refractivity (Wildman–Crippen MR) is 122 cm³/mol. The summed E-state index contributed by atoms with van der Waals surface area (Å²) >= 11 is 0. The molecule has 0 aromatic heterocycles. The normalized spacial score (nSPS) is 11.2. The molecular weight excluding hydrogens is 396 g/mol. The second-order valence-electron chi connectivity index (χ2n) is 7.68. The average Bonchev–Trinajstić information content (AvgIpc) is 2.67. The lowest BCUT2D eigenvalue weighted by atomic mass is 10.1. The molecule has 2 N–H and O–H groups in total. The Bertz CT molecular complexity index is 1230. The summed E-state index contributed by atoms with van der Waals surface area (Å²) in [5.41, 5.74) is 5.90. The van der Waals surface area contributed by atoms with E-state index in [0.29, 0.717) is 16.9 Å². The predicted octanol–water partition coefficient (Wildman–Crippen LogP) is 5.28. The topological polar surface area (TPSA) is 75.3 Å². The van der Waals surface area contributed by atoms with Gasteiger partial charge in [-0.3, -0.25) is 9.52 Å². The number of rotatable bonds is 5. The van der Waals surface area contributed by atoms with Crippen molar-refractivity contribution in [3.8, 4) is 0 Å². The van der Waals surface area contributed by atoms with Gasteiger partial charge < -0.3 is 5.32 Å². The van der Waals surface area contributed by atoms with Crippen molar-refractivity contribution in [2.45, 2.75) is 39.5 Å². The second kappa shape index (κ2) is 8.32. The zero-order chi connectivity index (χ0) is 22.1. The molecule has 1 amide bonds. The van der Waals surface area contributed by atoms with Crippen LogP contribution in [0.25, 0.3) is 0 Å². The quantitative estimate of drug-likeness (QED) is 0.587. The highest BCUT2D eigenvalue weighted by molar-refractivity contribution is 7.92. The Labute approximate surface area is 178 Å². The fraction of sp³-hybridized carbons (Fsp3) is 0.208. The first-order chi connectivity index (χ1) is 14.1. The van der Waals surface area contributed by atoms with E-state index in [1.54, 1.807) is 25.1 Å². The van der Waals surface area contributed by atoms with E-state index in [4.69, 9.17) is 0 Å². The standard InChI is InChI=1S/C24H26N2O3S/c1-15-7-11-21(19(5)12-15)25-24(27)20-10-9-18(4)23(14-20)30(28,29)26-22-13-16(2)6-8-17(22)3/h6-14,26H,1-5H3,(H,25,27). The van der Waals surface area contributed by atoms with Gasteiger partial charge in [0, 0.05) is 11.3 Å². The van der Waals surface area contributed by atoms with Gasteiger partial charge in [-0.1, -0.05) is 35.9 Å². The van der Waals surface area contributed by atoms with Crippen molar-refractivity contribution in [1.82, 2.24) is 0 Å². The molecule has 0 bridgehead atoms. The Balaban J connectivity index is 1.92. The maximum Gasteiger partial charge on any atom is 0.262 e. The minimum Gasteiger partial charge on any atom is -0.322 e. The van der Waals surface area contributed by atoms with Crippen LogP contribution >= 0.6 is 0 Å². The second-order valence-corrected chi connectivity index (χ2v) is 9.33. The van der Waals surface area contributed by atoms with Crippen LogP contribution in [0.4, 0.5) is 11.4 Å². The van der Waals surface area contributed by atoms with Gasteiger partial charge in [0.25, 0.3) is 15.9 Å². The summed E-state index contributed by atoms with van der Waals surface area (Å²) < 4.78 is 28.8. The van der Waals surface area contributed by atoms with Crippen LogP contribution in [0.5, 0.6) is 0 Å². The largest absolute Gasteiger partial charge is 0.322 e. The molecule has 3 rings (SSSR count). The number of hydrogen-bond acceptors (Lipinski definition) is 3. The smallest absolute Gasteiger partial charge is 0.262 e. The van der Waals surface area contributed by atoms with Crippen molar-refractivity contribution < 1.29 is 13.2 Å². The minimum absolute atomic E-state index is 0.0803. The number of amides is 1. The third-order valence-electron chi connectivity index (χ3n) is 5.01. The molecular formula is C24H26N2O3S. The van der Waals surface area contributed by atoms with E-state index < -0.39 is 10.0 Å². The van der Waals surface area contributed by atoms with Gasteiger partial charge in [0.05, 0.1) is 10.6 Å². The molecule has 3 aromatic carbocycles. The Morgan fingerprint density at radius 1 is 0.700 bits per heavy atom. The number of nitrogens with one attached hydrogen (secondary N) is 2. The van der Waals surface area contributed by atoms with Crippen LogP contribution in [0, 0.1) is 34.6 Å². The average molecular weight is 423 g/mol. The SMILES string of the molecule is Cc1ccc(NC(=O)c2ccc(C)c(S(=O)(=O)Nc3cc(C)ccc3C)c2)c(C)c1.